The Bertz CT molecular complexity index is 317. The quantitative estimate of drug-likeness (QED) is 0.672. The highest BCUT2D eigenvalue weighted by Gasteiger charge is 2.02. The normalized spacial score (nSPS) is 9.08. The van der Waals surface area contributed by atoms with Crippen LogP contribution in [0.1, 0.15) is 12.5 Å². The molecule has 0 aliphatic rings. The molecule has 0 saturated carbocycles. The highest BCUT2D eigenvalue weighted by Crippen LogP contribution is 2.17. The van der Waals surface area contributed by atoms with Gasteiger partial charge in [-0.3, -0.25) is 0 Å². The molecule has 0 aliphatic carbocycles. The van der Waals surface area contributed by atoms with E-state index >= 15 is 0 Å². The van der Waals surface area contributed by atoms with Gasteiger partial charge in [-0.1, -0.05) is 0 Å². The number of benzene rings is 1. The van der Waals surface area contributed by atoms with Crippen molar-refractivity contribution < 1.29 is 9.13 Å². The molecule has 62 valence electrons. The number of nitriles is 1. The maximum absolute atomic E-state index is 12.9. The summed E-state index contributed by atoms with van der Waals surface area (Å²) in [5, 5.41) is 8.49. The molecule has 12 heavy (non-hydrogen) atoms. The molecule has 1 aromatic rings. The Morgan fingerprint density at radius 3 is 2.92 bits per heavy atom. The molecular weight excluding hydrogens is 157 g/mol. The third kappa shape index (κ3) is 1.73. The van der Waals surface area contributed by atoms with Gasteiger partial charge in [-0.25, -0.2) is 4.39 Å². The van der Waals surface area contributed by atoms with Crippen LogP contribution in [0.25, 0.3) is 0 Å². The molecule has 3 heteroatoms. The molecule has 0 aromatic heterocycles. The highest BCUT2D eigenvalue weighted by atomic mass is 19.1. The summed E-state index contributed by atoms with van der Waals surface area (Å²) < 4.78 is 17.8. The van der Waals surface area contributed by atoms with Crippen LogP contribution in [-0.2, 0) is 0 Å². The number of hydrogen-bond acceptors (Lipinski definition) is 2. The van der Waals surface area contributed by atoms with Crippen LogP contribution in [0.15, 0.2) is 18.2 Å². The molecule has 0 saturated heterocycles. The van der Waals surface area contributed by atoms with Gasteiger partial charge in [0.05, 0.1) is 18.2 Å². The third-order valence-corrected chi connectivity index (χ3v) is 1.36. The fourth-order valence-electron chi connectivity index (χ4n) is 0.839. The van der Waals surface area contributed by atoms with Crippen molar-refractivity contribution >= 4 is 0 Å². The lowest BCUT2D eigenvalue weighted by Crippen LogP contribution is -1.94. The van der Waals surface area contributed by atoms with Crippen LogP contribution in [0.5, 0.6) is 5.75 Å². The SMILES string of the molecule is CCOc1cc(C#N)ccc1F. The lowest BCUT2D eigenvalue weighted by molar-refractivity contribution is 0.321. The Morgan fingerprint density at radius 1 is 1.58 bits per heavy atom. The van der Waals surface area contributed by atoms with E-state index in [4.69, 9.17) is 10.00 Å². The minimum Gasteiger partial charge on any atom is -0.491 e. The molecular formula is C9H8FNO. The van der Waals surface area contributed by atoms with Crippen LogP contribution < -0.4 is 4.74 Å². The fraction of sp³-hybridized carbons (Fsp3) is 0.222. The van der Waals surface area contributed by atoms with E-state index < -0.39 is 5.82 Å². The highest BCUT2D eigenvalue weighted by molar-refractivity contribution is 5.37. The standard InChI is InChI=1S/C9H8FNO/c1-2-12-9-5-7(6-11)3-4-8(9)10/h3-5H,2H2,1H3. The molecule has 0 radical (unpaired) electrons. The van der Waals surface area contributed by atoms with Gasteiger partial charge < -0.3 is 4.74 Å². The van der Waals surface area contributed by atoms with Gasteiger partial charge >= 0.3 is 0 Å². The second kappa shape index (κ2) is 3.72. The van der Waals surface area contributed by atoms with E-state index in [1.54, 1.807) is 6.92 Å². The van der Waals surface area contributed by atoms with Crippen molar-refractivity contribution in [2.75, 3.05) is 6.61 Å². The zero-order valence-corrected chi connectivity index (χ0v) is 6.67. The predicted molar refractivity (Wildman–Crippen MR) is 42.3 cm³/mol. The average Bonchev–Trinajstić information content (AvgIpc) is 2.09. The Balaban J connectivity index is 3.01. The largest absolute Gasteiger partial charge is 0.491 e. The first-order valence-electron chi connectivity index (χ1n) is 3.60. The smallest absolute Gasteiger partial charge is 0.165 e. The molecule has 0 atom stereocenters. The first-order chi connectivity index (χ1) is 5.77. The number of halogens is 1. The monoisotopic (exact) mass is 165 g/mol. The first-order valence-corrected chi connectivity index (χ1v) is 3.60. The molecule has 0 N–H and O–H groups in total. The first kappa shape index (κ1) is 8.54. The molecule has 2 nitrogen and oxygen atoms in total. The number of hydrogen-bond donors (Lipinski definition) is 0. The van der Waals surface area contributed by atoms with Crippen LogP contribution in [0, 0.1) is 17.1 Å². The summed E-state index contributed by atoms with van der Waals surface area (Å²) in [5.41, 5.74) is 0.403. The van der Waals surface area contributed by atoms with E-state index in [0.29, 0.717) is 12.2 Å². The van der Waals surface area contributed by atoms with Crippen LogP contribution in [0.3, 0.4) is 0 Å². The summed E-state index contributed by atoms with van der Waals surface area (Å²) in [6, 6.07) is 5.93. The molecule has 0 amide bonds. The Hall–Kier alpha value is -1.56. The minimum absolute atomic E-state index is 0.136. The number of ether oxygens (including phenoxy) is 1. The fourth-order valence-corrected chi connectivity index (χ4v) is 0.839. The number of rotatable bonds is 2. The van der Waals surface area contributed by atoms with Gasteiger partial charge in [0.25, 0.3) is 0 Å². The van der Waals surface area contributed by atoms with Crippen molar-refractivity contribution in [3.05, 3.63) is 29.6 Å². The molecule has 0 heterocycles. The van der Waals surface area contributed by atoms with Crippen LogP contribution >= 0.6 is 0 Å². The van der Waals surface area contributed by atoms with E-state index in [9.17, 15) is 4.39 Å². The second-order valence-electron chi connectivity index (χ2n) is 2.19. The summed E-state index contributed by atoms with van der Waals surface area (Å²) in [4.78, 5) is 0. The summed E-state index contributed by atoms with van der Waals surface area (Å²) >= 11 is 0. The maximum atomic E-state index is 12.9. The average molecular weight is 165 g/mol. The van der Waals surface area contributed by atoms with E-state index in [0.717, 1.165) is 0 Å². The van der Waals surface area contributed by atoms with Crippen molar-refractivity contribution in [1.82, 2.24) is 0 Å². The molecule has 1 aromatic carbocycles. The van der Waals surface area contributed by atoms with Gasteiger partial charge in [0.2, 0.25) is 0 Å². The van der Waals surface area contributed by atoms with Gasteiger partial charge in [-0.05, 0) is 19.1 Å². The molecule has 1 rings (SSSR count). The van der Waals surface area contributed by atoms with Crippen molar-refractivity contribution in [2.24, 2.45) is 0 Å². The third-order valence-electron chi connectivity index (χ3n) is 1.36. The minimum atomic E-state index is -0.434. The summed E-state index contributed by atoms with van der Waals surface area (Å²) in [6.07, 6.45) is 0. The Kier molecular flexibility index (Phi) is 2.65. The van der Waals surface area contributed by atoms with Gasteiger partial charge in [0.1, 0.15) is 0 Å². The van der Waals surface area contributed by atoms with Gasteiger partial charge in [-0.2, -0.15) is 5.26 Å². The summed E-state index contributed by atoms with van der Waals surface area (Å²) in [5.74, 6) is -0.299. The lowest BCUT2D eigenvalue weighted by atomic mass is 10.2. The summed E-state index contributed by atoms with van der Waals surface area (Å²) in [6.45, 7) is 2.16. The zero-order chi connectivity index (χ0) is 8.97. The van der Waals surface area contributed by atoms with Crippen LogP contribution in [0.2, 0.25) is 0 Å². The predicted octanol–water partition coefficient (Wildman–Crippen LogP) is 2.10. The second-order valence-corrected chi connectivity index (χ2v) is 2.19. The number of nitrogens with zero attached hydrogens (tertiary/aromatic N) is 1. The Morgan fingerprint density at radius 2 is 2.33 bits per heavy atom. The molecule has 0 spiro atoms. The van der Waals surface area contributed by atoms with Gasteiger partial charge in [-0.15, -0.1) is 0 Å². The molecule has 0 unspecified atom stereocenters. The lowest BCUT2D eigenvalue weighted by Gasteiger charge is -2.03. The van der Waals surface area contributed by atoms with E-state index in [1.165, 1.54) is 18.2 Å². The van der Waals surface area contributed by atoms with Crippen molar-refractivity contribution in [1.29, 1.82) is 5.26 Å². The van der Waals surface area contributed by atoms with Crippen molar-refractivity contribution in [2.45, 2.75) is 6.92 Å². The van der Waals surface area contributed by atoms with Crippen LogP contribution in [0.4, 0.5) is 4.39 Å². The van der Waals surface area contributed by atoms with E-state index in [2.05, 4.69) is 0 Å². The summed E-state index contributed by atoms with van der Waals surface area (Å²) in [7, 11) is 0. The van der Waals surface area contributed by atoms with Crippen molar-refractivity contribution in [3.8, 4) is 11.8 Å². The molecule has 0 fully saturated rings. The Labute approximate surface area is 70.2 Å². The van der Waals surface area contributed by atoms with Crippen molar-refractivity contribution in [3.63, 3.8) is 0 Å². The maximum Gasteiger partial charge on any atom is 0.165 e. The molecule has 0 bridgehead atoms. The molecule has 0 aliphatic heterocycles. The van der Waals surface area contributed by atoms with E-state index in [1.807, 2.05) is 6.07 Å². The van der Waals surface area contributed by atoms with E-state index in [-0.39, 0.29) is 5.75 Å². The zero-order valence-electron chi connectivity index (χ0n) is 6.67. The van der Waals surface area contributed by atoms with Gasteiger partial charge in [0, 0.05) is 6.07 Å². The van der Waals surface area contributed by atoms with Gasteiger partial charge in [0.15, 0.2) is 11.6 Å². The topological polar surface area (TPSA) is 33.0 Å². The van der Waals surface area contributed by atoms with Crippen LogP contribution in [-0.4, -0.2) is 6.61 Å².